The molecule has 1 unspecified atom stereocenters. The molecule has 2 rings (SSSR count). The number of rotatable bonds is 6. The van der Waals surface area contributed by atoms with Crippen LogP contribution in [0.1, 0.15) is 58.8 Å². The van der Waals surface area contributed by atoms with E-state index in [2.05, 4.69) is 12.2 Å². The Morgan fingerprint density at radius 2 is 2.12 bits per heavy atom. The Kier molecular flexibility index (Phi) is 3.48. The first-order valence-electron chi connectivity index (χ1n) is 7.07. The maximum Gasteiger partial charge on any atom is 0.239 e. The van der Waals surface area contributed by atoms with Crippen molar-refractivity contribution in [2.75, 3.05) is 6.54 Å². The van der Waals surface area contributed by atoms with Crippen molar-refractivity contribution in [2.24, 2.45) is 17.1 Å². The second kappa shape index (κ2) is 4.60. The van der Waals surface area contributed by atoms with Crippen molar-refractivity contribution in [2.45, 2.75) is 64.3 Å². The van der Waals surface area contributed by atoms with Crippen LogP contribution in [0, 0.1) is 11.3 Å². The molecule has 3 nitrogen and oxygen atoms in total. The smallest absolute Gasteiger partial charge is 0.239 e. The third-order valence-electron chi connectivity index (χ3n) is 4.68. The fourth-order valence-corrected chi connectivity index (χ4v) is 3.15. The van der Waals surface area contributed by atoms with Crippen LogP contribution in [-0.2, 0) is 4.79 Å². The first kappa shape index (κ1) is 12.9. The van der Waals surface area contributed by atoms with Crippen LogP contribution in [0.5, 0.6) is 0 Å². The summed E-state index contributed by atoms with van der Waals surface area (Å²) in [6.45, 7) is 4.76. The lowest BCUT2D eigenvalue weighted by Crippen LogP contribution is -2.54. The van der Waals surface area contributed by atoms with Gasteiger partial charge in [0.25, 0.3) is 0 Å². The molecule has 3 heteroatoms. The Hall–Kier alpha value is -0.570. The first-order chi connectivity index (χ1) is 8.00. The van der Waals surface area contributed by atoms with Gasteiger partial charge in [-0.2, -0.15) is 0 Å². The summed E-state index contributed by atoms with van der Waals surface area (Å²) in [5, 5.41) is 3.11. The van der Waals surface area contributed by atoms with Gasteiger partial charge < -0.3 is 11.1 Å². The van der Waals surface area contributed by atoms with Crippen molar-refractivity contribution in [3.05, 3.63) is 0 Å². The molecule has 17 heavy (non-hydrogen) atoms. The van der Waals surface area contributed by atoms with Gasteiger partial charge in [0.05, 0.1) is 5.54 Å². The second-order valence-electron chi connectivity index (χ2n) is 6.34. The van der Waals surface area contributed by atoms with Gasteiger partial charge in [0.2, 0.25) is 5.91 Å². The summed E-state index contributed by atoms with van der Waals surface area (Å²) in [5.41, 5.74) is 5.79. The van der Waals surface area contributed by atoms with Gasteiger partial charge >= 0.3 is 0 Å². The molecule has 0 aliphatic heterocycles. The normalized spacial score (nSPS) is 25.8. The summed E-state index contributed by atoms with van der Waals surface area (Å²) in [7, 11) is 0. The fourth-order valence-electron chi connectivity index (χ4n) is 3.15. The van der Waals surface area contributed by atoms with Gasteiger partial charge in [-0.15, -0.1) is 0 Å². The predicted molar refractivity (Wildman–Crippen MR) is 69.5 cm³/mol. The number of carbonyl (C=O) groups is 1. The van der Waals surface area contributed by atoms with Gasteiger partial charge in [-0.1, -0.05) is 19.8 Å². The molecule has 1 amide bonds. The van der Waals surface area contributed by atoms with E-state index in [1.807, 2.05) is 6.92 Å². The SMILES string of the molecule is CCCC(C)(N)C(=O)NCC1(C2CC2)CCC1. The zero-order chi connectivity index (χ0) is 12.5. The highest BCUT2D eigenvalue weighted by atomic mass is 16.2. The molecule has 1 atom stereocenters. The maximum atomic E-state index is 12.0. The number of carbonyl (C=O) groups excluding carboxylic acids is 1. The topological polar surface area (TPSA) is 55.1 Å². The zero-order valence-corrected chi connectivity index (χ0v) is 11.2. The van der Waals surface area contributed by atoms with Gasteiger partial charge in [0.1, 0.15) is 0 Å². The molecule has 0 spiro atoms. The number of amides is 1. The molecule has 98 valence electrons. The monoisotopic (exact) mass is 238 g/mol. The Morgan fingerprint density at radius 3 is 2.53 bits per heavy atom. The zero-order valence-electron chi connectivity index (χ0n) is 11.2. The molecule has 0 aromatic carbocycles. The molecule has 0 bridgehead atoms. The van der Waals surface area contributed by atoms with Gasteiger partial charge in [-0.3, -0.25) is 4.79 Å². The largest absolute Gasteiger partial charge is 0.354 e. The summed E-state index contributed by atoms with van der Waals surface area (Å²) >= 11 is 0. The molecule has 3 N–H and O–H groups in total. The lowest BCUT2D eigenvalue weighted by atomic mass is 9.65. The van der Waals surface area contributed by atoms with Gasteiger partial charge in [0.15, 0.2) is 0 Å². The molecule has 0 saturated heterocycles. The average molecular weight is 238 g/mol. The van der Waals surface area contributed by atoms with Crippen LogP contribution in [0.15, 0.2) is 0 Å². The summed E-state index contributed by atoms with van der Waals surface area (Å²) in [4.78, 5) is 12.0. The highest BCUT2D eigenvalue weighted by molar-refractivity contribution is 5.85. The molecule has 2 aliphatic carbocycles. The first-order valence-corrected chi connectivity index (χ1v) is 7.07. The molecule has 0 radical (unpaired) electrons. The standard InChI is InChI=1S/C14H26N2O/c1-3-7-13(2,15)12(17)16-10-14(8-4-9-14)11-5-6-11/h11H,3-10,15H2,1-2H3,(H,16,17). The van der Waals surface area contributed by atoms with E-state index in [0.717, 1.165) is 25.3 Å². The molecular weight excluding hydrogens is 212 g/mol. The van der Waals surface area contributed by atoms with E-state index in [1.165, 1.54) is 32.1 Å². The van der Waals surface area contributed by atoms with Gasteiger partial charge in [0, 0.05) is 6.54 Å². The molecular formula is C14H26N2O. The summed E-state index contributed by atoms with van der Waals surface area (Å²) in [6.07, 6.45) is 8.38. The molecule has 2 aliphatic rings. The Labute approximate surface area is 105 Å². The number of hydrogen-bond donors (Lipinski definition) is 2. The van der Waals surface area contributed by atoms with E-state index in [9.17, 15) is 4.79 Å². The Bertz CT molecular complexity index is 291. The number of hydrogen-bond acceptors (Lipinski definition) is 2. The Balaban J connectivity index is 1.83. The van der Waals surface area contributed by atoms with E-state index >= 15 is 0 Å². The quantitative estimate of drug-likeness (QED) is 0.745. The lowest BCUT2D eigenvalue weighted by molar-refractivity contribution is -0.127. The van der Waals surface area contributed by atoms with Crippen LogP contribution in [0.4, 0.5) is 0 Å². The summed E-state index contributed by atoms with van der Waals surface area (Å²) < 4.78 is 0. The minimum atomic E-state index is -0.691. The minimum Gasteiger partial charge on any atom is -0.354 e. The molecule has 0 heterocycles. The van der Waals surface area contributed by atoms with Crippen LogP contribution >= 0.6 is 0 Å². The third kappa shape index (κ3) is 2.65. The minimum absolute atomic E-state index is 0.0336. The van der Waals surface area contributed by atoms with E-state index in [1.54, 1.807) is 0 Å². The van der Waals surface area contributed by atoms with Crippen LogP contribution in [0.2, 0.25) is 0 Å². The van der Waals surface area contributed by atoms with Gasteiger partial charge in [-0.25, -0.2) is 0 Å². The van der Waals surface area contributed by atoms with Gasteiger partial charge in [-0.05, 0) is 50.4 Å². The van der Waals surface area contributed by atoms with Crippen molar-refractivity contribution < 1.29 is 4.79 Å². The van der Waals surface area contributed by atoms with Crippen LogP contribution in [0.25, 0.3) is 0 Å². The molecule has 2 saturated carbocycles. The second-order valence-corrected chi connectivity index (χ2v) is 6.34. The van der Waals surface area contributed by atoms with E-state index < -0.39 is 5.54 Å². The average Bonchev–Trinajstić information content (AvgIpc) is 3.00. The Morgan fingerprint density at radius 1 is 1.47 bits per heavy atom. The van der Waals surface area contributed by atoms with Crippen LogP contribution in [0.3, 0.4) is 0 Å². The summed E-state index contributed by atoms with van der Waals surface area (Å²) in [5.74, 6) is 0.915. The maximum absolute atomic E-state index is 12.0. The van der Waals surface area contributed by atoms with E-state index in [0.29, 0.717) is 5.41 Å². The number of nitrogens with two attached hydrogens (primary N) is 1. The highest BCUT2D eigenvalue weighted by Gasteiger charge is 2.49. The van der Waals surface area contributed by atoms with Crippen molar-refractivity contribution >= 4 is 5.91 Å². The van der Waals surface area contributed by atoms with E-state index in [4.69, 9.17) is 5.73 Å². The van der Waals surface area contributed by atoms with E-state index in [-0.39, 0.29) is 5.91 Å². The predicted octanol–water partition coefficient (Wildman–Crippen LogP) is 2.20. The fraction of sp³-hybridized carbons (Fsp3) is 0.929. The molecule has 0 aromatic heterocycles. The van der Waals surface area contributed by atoms with Crippen LogP contribution < -0.4 is 11.1 Å². The van der Waals surface area contributed by atoms with Crippen molar-refractivity contribution in [1.82, 2.24) is 5.32 Å². The van der Waals surface area contributed by atoms with Crippen molar-refractivity contribution in [1.29, 1.82) is 0 Å². The van der Waals surface area contributed by atoms with Crippen molar-refractivity contribution in [3.8, 4) is 0 Å². The lowest BCUT2D eigenvalue weighted by Gasteiger charge is -2.43. The number of nitrogens with one attached hydrogen (secondary N) is 1. The summed E-state index contributed by atoms with van der Waals surface area (Å²) in [6, 6.07) is 0. The van der Waals surface area contributed by atoms with Crippen molar-refractivity contribution in [3.63, 3.8) is 0 Å². The molecule has 0 aromatic rings. The third-order valence-corrected chi connectivity index (χ3v) is 4.68. The molecule has 2 fully saturated rings. The highest BCUT2D eigenvalue weighted by Crippen LogP contribution is 2.56. The van der Waals surface area contributed by atoms with Crippen LogP contribution in [-0.4, -0.2) is 18.0 Å².